The molecule has 1 N–H and O–H groups in total. The molecule has 0 spiro atoms. The second-order valence-corrected chi connectivity index (χ2v) is 4.33. The average molecular weight is 273 g/mol. The van der Waals surface area contributed by atoms with Crippen molar-refractivity contribution in [3.63, 3.8) is 0 Å². The van der Waals surface area contributed by atoms with Crippen molar-refractivity contribution in [2.45, 2.75) is 6.92 Å². The summed E-state index contributed by atoms with van der Waals surface area (Å²) in [6.07, 6.45) is 2.63. The van der Waals surface area contributed by atoms with Crippen molar-refractivity contribution in [3.05, 3.63) is 77.5 Å². The van der Waals surface area contributed by atoms with Crippen LogP contribution in [0.1, 0.15) is 15.9 Å². The van der Waals surface area contributed by atoms with Crippen molar-refractivity contribution in [1.29, 1.82) is 0 Å². The van der Waals surface area contributed by atoms with Gasteiger partial charge < -0.3 is 5.32 Å². The molecule has 4 heteroatoms. The Balaban J connectivity index is 2.02. The number of rotatable bonds is 4. The molecule has 0 aliphatic carbocycles. The van der Waals surface area contributed by atoms with Crippen LogP contribution in [-0.2, 0) is 0 Å². The molecule has 2 rings (SSSR count). The number of anilines is 1. The number of aryl methyl sites for hydroxylation is 1. The van der Waals surface area contributed by atoms with Gasteiger partial charge in [0.15, 0.2) is 5.78 Å². The Morgan fingerprint density at radius 1 is 1.10 bits per heavy atom. The number of hydrogen-bond acceptors (Lipinski definition) is 2. The van der Waals surface area contributed by atoms with Crippen molar-refractivity contribution in [3.8, 4) is 0 Å². The van der Waals surface area contributed by atoms with Gasteiger partial charge in [-0.2, -0.15) is 0 Å². The van der Waals surface area contributed by atoms with E-state index in [0.29, 0.717) is 5.56 Å². The van der Waals surface area contributed by atoms with E-state index in [0.717, 1.165) is 17.7 Å². The highest BCUT2D eigenvalue weighted by Crippen LogP contribution is 2.14. The maximum atomic E-state index is 13.3. The summed E-state index contributed by atoms with van der Waals surface area (Å²) in [5, 5.41) is 2.61. The molecule has 2 aromatic rings. The van der Waals surface area contributed by atoms with E-state index in [-0.39, 0.29) is 11.5 Å². The van der Waals surface area contributed by atoms with Gasteiger partial charge in [-0.3, -0.25) is 4.79 Å². The molecule has 0 saturated carbocycles. The van der Waals surface area contributed by atoms with Gasteiger partial charge in [0.25, 0.3) is 0 Å². The van der Waals surface area contributed by atoms with E-state index in [1.165, 1.54) is 18.3 Å². The van der Waals surface area contributed by atoms with Gasteiger partial charge in [0.2, 0.25) is 0 Å². The molecule has 0 aromatic heterocycles. The Morgan fingerprint density at radius 3 is 2.45 bits per heavy atom. The molecule has 0 saturated heterocycles. The zero-order valence-corrected chi connectivity index (χ0v) is 10.9. The van der Waals surface area contributed by atoms with Crippen LogP contribution in [0, 0.1) is 18.6 Å². The molecule has 0 radical (unpaired) electrons. The van der Waals surface area contributed by atoms with E-state index in [2.05, 4.69) is 5.32 Å². The summed E-state index contributed by atoms with van der Waals surface area (Å²) in [7, 11) is 0. The van der Waals surface area contributed by atoms with E-state index in [1.54, 1.807) is 12.1 Å². The third-order valence-electron chi connectivity index (χ3n) is 2.74. The highest BCUT2D eigenvalue weighted by Gasteiger charge is 2.03. The van der Waals surface area contributed by atoms with Crippen LogP contribution in [0.25, 0.3) is 0 Å². The Kier molecular flexibility index (Phi) is 4.25. The maximum Gasteiger partial charge on any atom is 0.187 e. The van der Waals surface area contributed by atoms with E-state index in [4.69, 9.17) is 0 Å². The van der Waals surface area contributed by atoms with Crippen LogP contribution in [0.3, 0.4) is 0 Å². The molecule has 0 unspecified atom stereocenters. The van der Waals surface area contributed by atoms with Crippen molar-refractivity contribution in [1.82, 2.24) is 0 Å². The lowest BCUT2D eigenvalue weighted by molar-refractivity contribution is 0.104. The lowest BCUT2D eigenvalue weighted by atomic mass is 10.1. The van der Waals surface area contributed by atoms with Crippen LogP contribution >= 0.6 is 0 Å². The lowest BCUT2D eigenvalue weighted by Crippen LogP contribution is -1.97. The van der Waals surface area contributed by atoms with Crippen molar-refractivity contribution >= 4 is 11.5 Å². The minimum atomic E-state index is -0.711. The Bertz CT molecular complexity index is 648. The second-order valence-electron chi connectivity index (χ2n) is 4.33. The molecule has 0 amide bonds. The number of carbonyl (C=O) groups is 1. The number of benzene rings is 2. The van der Waals surface area contributed by atoms with Gasteiger partial charge in [0.1, 0.15) is 11.6 Å². The fourth-order valence-corrected chi connectivity index (χ4v) is 1.63. The van der Waals surface area contributed by atoms with Gasteiger partial charge in [0, 0.05) is 23.9 Å². The molecule has 2 nitrogen and oxygen atoms in total. The molecule has 0 atom stereocenters. The van der Waals surface area contributed by atoms with Crippen LogP contribution in [0.4, 0.5) is 14.5 Å². The minimum Gasteiger partial charge on any atom is -0.359 e. The van der Waals surface area contributed by atoms with Gasteiger partial charge in [-0.05, 0) is 19.1 Å². The molecule has 0 aliphatic rings. The van der Waals surface area contributed by atoms with E-state index < -0.39 is 11.6 Å². The quantitative estimate of drug-likeness (QED) is 0.671. The lowest BCUT2D eigenvalue weighted by Gasteiger charge is -2.02. The number of halogens is 2. The molecule has 102 valence electrons. The summed E-state index contributed by atoms with van der Waals surface area (Å²) in [4.78, 5) is 11.8. The summed E-state index contributed by atoms with van der Waals surface area (Å²) >= 11 is 0. The standard InChI is InChI=1S/C16H13F2NO/c1-11-2-4-12(5-3-11)16(20)8-9-19-15-7-6-13(17)10-14(15)18/h2-10,19H,1H3/b9-8-. The van der Waals surface area contributed by atoms with Crippen LogP contribution in [0.15, 0.2) is 54.7 Å². The Morgan fingerprint density at radius 2 is 1.80 bits per heavy atom. The third kappa shape index (κ3) is 3.51. The van der Waals surface area contributed by atoms with Crippen LogP contribution in [0.2, 0.25) is 0 Å². The fourth-order valence-electron chi connectivity index (χ4n) is 1.63. The zero-order chi connectivity index (χ0) is 14.5. The Labute approximate surface area is 115 Å². The van der Waals surface area contributed by atoms with E-state index in [1.807, 2.05) is 19.1 Å². The number of nitrogens with one attached hydrogen (secondary N) is 1. The molecule has 0 fully saturated rings. The monoisotopic (exact) mass is 273 g/mol. The molecule has 2 aromatic carbocycles. The first-order valence-corrected chi connectivity index (χ1v) is 6.05. The summed E-state index contributed by atoms with van der Waals surface area (Å²) < 4.78 is 26.0. The Hall–Kier alpha value is -2.49. The van der Waals surface area contributed by atoms with Gasteiger partial charge in [-0.1, -0.05) is 29.8 Å². The minimum absolute atomic E-state index is 0.111. The fraction of sp³-hybridized carbons (Fsp3) is 0.0625. The zero-order valence-electron chi connectivity index (χ0n) is 10.9. The number of ketones is 1. The predicted octanol–water partition coefficient (Wildman–Crippen LogP) is 4.08. The first kappa shape index (κ1) is 13.9. The predicted molar refractivity (Wildman–Crippen MR) is 74.6 cm³/mol. The first-order valence-electron chi connectivity index (χ1n) is 6.05. The summed E-state index contributed by atoms with van der Waals surface area (Å²) in [6.45, 7) is 1.93. The normalized spacial score (nSPS) is 10.8. The average Bonchev–Trinajstić information content (AvgIpc) is 2.42. The van der Waals surface area contributed by atoms with Crippen LogP contribution in [0.5, 0.6) is 0 Å². The smallest absolute Gasteiger partial charge is 0.187 e. The van der Waals surface area contributed by atoms with Crippen molar-refractivity contribution in [2.75, 3.05) is 5.32 Å². The molecular formula is C16H13F2NO. The molecule has 0 bridgehead atoms. The second kappa shape index (κ2) is 6.10. The van der Waals surface area contributed by atoms with Gasteiger partial charge in [0.05, 0.1) is 5.69 Å². The number of hydrogen-bond donors (Lipinski definition) is 1. The summed E-state index contributed by atoms with van der Waals surface area (Å²) in [5.41, 5.74) is 1.73. The molecular weight excluding hydrogens is 260 g/mol. The highest BCUT2D eigenvalue weighted by atomic mass is 19.1. The van der Waals surface area contributed by atoms with Gasteiger partial charge >= 0.3 is 0 Å². The molecule has 0 heterocycles. The molecule has 20 heavy (non-hydrogen) atoms. The highest BCUT2D eigenvalue weighted by molar-refractivity contribution is 6.04. The van der Waals surface area contributed by atoms with Gasteiger partial charge in [-0.25, -0.2) is 8.78 Å². The van der Waals surface area contributed by atoms with Crippen LogP contribution in [-0.4, -0.2) is 5.78 Å². The summed E-state index contributed by atoms with van der Waals surface area (Å²) in [5.74, 6) is -1.55. The number of allylic oxidation sites excluding steroid dienone is 1. The largest absolute Gasteiger partial charge is 0.359 e. The number of carbonyl (C=O) groups excluding carboxylic acids is 1. The molecule has 0 aliphatic heterocycles. The van der Waals surface area contributed by atoms with Crippen molar-refractivity contribution < 1.29 is 13.6 Å². The SMILES string of the molecule is Cc1ccc(C(=O)/C=C\Nc2ccc(F)cc2F)cc1. The topological polar surface area (TPSA) is 29.1 Å². The van der Waals surface area contributed by atoms with Crippen molar-refractivity contribution in [2.24, 2.45) is 0 Å². The first-order chi connectivity index (χ1) is 9.56. The third-order valence-corrected chi connectivity index (χ3v) is 2.74. The van der Waals surface area contributed by atoms with E-state index >= 15 is 0 Å². The summed E-state index contributed by atoms with van der Waals surface area (Å²) in [6, 6.07) is 10.3. The van der Waals surface area contributed by atoms with Gasteiger partial charge in [-0.15, -0.1) is 0 Å². The van der Waals surface area contributed by atoms with E-state index in [9.17, 15) is 13.6 Å². The maximum absolute atomic E-state index is 13.3. The van der Waals surface area contributed by atoms with Crippen LogP contribution < -0.4 is 5.32 Å².